The van der Waals surface area contributed by atoms with Gasteiger partial charge in [-0.05, 0) is 23.3 Å². The van der Waals surface area contributed by atoms with Gasteiger partial charge < -0.3 is 15.1 Å². The zero-order valence-electron chi connectivity index (χ0n) is 13.1. The third kappa shape index (κ3) is 4.79. The molecule has 2 aromatic rings. The van der Waals surface area contributed by atoms with Crippen LogP contribution in [0.3, 0.4) is 0 Å². The minimum absolute atomic E-state index is 0.0708. The van der Waals surface area contributed by atoms with Gasteiger partial charge in [-0.1, -0.05) is 53.7 Å². The smallest absolute Gasteiger partial charge is 0.338 e. The average molecular weight is 325 g/mol. The first-order valence-electron chi connectivity index (χ1n) is 7.48. The van der Waals surface area contributed by atoms with Crippen molar-refractivity contribution in [2.45, 2.75) is 18.6 Å². The molecule has 2 atom stereocenters. The van der Waals surface area contributed by atoms with Crippen molar-refractivity contribution in [2.24, 2.45) is 5.16 Å². The van der Waals surface area contributed by atoms with Crippen LogP contribution in [-0.2, 0) is 4.74 Å². The number of nitrogens with zero attached hydrogens (tertiary/aromatic N) is 1. The molecule has 5 nitrogen and oxygen atoms in total. The van der Waals surface area contributed by atoms with Gasteiger partial charge in [0.1, 0.15) is 6.10 Å². The molecule has 0 amide bonds. The van der Waals surface area contributed by atoms with Crippen molar-refractivity contribution in [3.63, 3.8) is 0 Å². The molecule has 0 bridgehead atoms. The molecule has 0 spiro atoms. The predicted octanol–water partition coefficient (Wildman–Crippen LogP) is 3.28. The van der Waals surface area contributed by atoms with Gasteiger partial charge in [-0.2, -0.15) is 0 Å². The van der Waals surface area contributed by atoms with E-state index in [2.05, 4.69) is 11.7 Å². The van der Waals surface area contributed by atoms with Crippen LogP contribution in [0.25, 0.3) is 11.1 Å². The van der Waals surface area contributed by atoms with Gasteiger partial charge in [-0.15, -0.1) is 6.58 Å². The van der Waals surface area contributed by atoms with Crippen LogP contribution in [0.15, 0.2) is 72.4 Å². The van der Waals surface area contributed by atoms with Gasteiger partial charge in [0.2, 0.25) is 0 Å². The molecule has 0 aliphatic heterocycles. The van der Waals surface area contributed by atoms with Crippen LogP contribution in [0, 0.1) is 0 Å². The highest BCUT2D eigenvalue weighted by Gasteiger charge is 2.17. The van der Waals surface area contributed by atoms with Crippen LogP contribution in [-0.4, -0.2) is 34.7 Å². The molecule has 0 heterocycles. The minimum Gasteiger partial charge on any atom is -0.453 e. The Morgan fingerprint density at radius 3 is 2.33 bits per heavy atom. The van der Waals surface area contributed by atoms with E-state index in [9.17, 15) is 9.90 Å². The number of carbonyl (C=O) groups excluding carboxylic acids is 1. The first-order valence-corrected chi connectivity index (χ1v) is 7.48. The molecule has 0 aromatic heterocycles. The second kappa shape index (κ2) is 8.64. The molecular formula is C19H19NO4. The van der Waals surface area contributed by atoms with Crippen LogP contribution in [0.2, 0.25) is 0 Å². The molecule has 0 saturated carbocycles. The van der Waals surface area contributed by atoms with Crippen molar-refractivity contribution in [3.8, 4) is 11.1 Å². The molecule has 0 aliphatic carbocycles. The Morgan fingerprint density at radius 1 is 1.12 bits per heavy atom. The number of hydrogen-bond donors (Lipinski definition) is 2. The summed E-state index contributed by atoms with van der Waals surface area (Å²) in [6, 6.07) is 16.8. The molecule has 5 heteroatoms. The summed E-state index contributed by atoms with van der Waals surface area (Å²) < 4.78 is 5.24. The fourth-order valence-electron chi connectivity index (χ4n) is 2.18. The molecule has 2 aromatic carbocycles. The fraction of sp³-hybridized carbons (Fsp3) is 0.158. The van der Waals surface area contributed by atoms with Gasteiger partial charge in [0.05, 0.1) is 17.9 Å². The second-order valence-corrected chi connectivity index (χ2v) is 5.19. The average Bonchev–Trinajstić information content (AvgIpc) is 2.62. The first-order chi connectivity index (χ1) is 11.6. The Balaban J connectivity index is 2.07. The summed E-state index contributed by atoms with van der Waals surface area (Å²) in [6.45, 7) is 3.45. The quantitative estimate of drug-likeness (QED) is 0.269. The Bertz CT molecular complexity index is 695. The Hall–Kier alpha value is -2.92. The lowest BCUT2D eigenvalue weighted by Crippen LogP contribution is -2.24. The van der Waals surface area contributed by atoms with Crippen molar-refractivity contribution in [1.29, 1.82) is 0 Å². The molecule has 2 N–H and O–H groups in total. The number of aliphatic hydroxyl groups excluding tert-OH is 1. The third-order valence-corrected chi connectivity index (χ3v) is 3.46. The lowest BCUT2D eigenvalue weighted by Gasteiger charge is -2.15. The number of oxime groups is 1. The van der Waals surface area contributed by atoms with E-state index in [1.807, 2.05) is 42.5 Å². The van der Waals surface area contributed by atoms with Crippen LogP contribution >= 0.6 is 0 Å². The van der Waals surface area contributed by atoms with E-state index in [1.54, 1.807) is 12.1 Å². The lowest BCUT2D eigenvalue weighted by atomic mass is 10.0. The number of aliphatic hydroxyl groups is 1. The molecule has 124 valence electrons. The summed E-state index contributed by atoms with van der Waals surface area (Å²) in [5, 5.41) is 21.1. The number of carbonyl (C=O) groups is 1. The van der Waals surface area contributed by atoms with Gasteiger partial charge in [0.25, 0.3) is 0 Å². The summed E-state index contributed by atoms with van der Waals surface area (Å²) >= 11 is 0. The summed E-state index contributed by atoms with van der Waals surface area (Å²) in [5.74, 6) is -0.559. The predicted molar refractivity (Wildman–Crippen MR) is 92.2 cm³/mol. The zero-order valence-corrected chi connectivity index (χ0v) is 13.1. The maximum Gasteiger partial charge on any atom is 0.338 e. The Morgan fingerprint density at radius 2 is 1.75 bits per heavy atom. The standard InChI is InChI=1S/C19H19NO4/c1-2-17(21)12-18(13-20-23)24-19(22)16-10-8-15(9-11-16)14-6-4-3-5-7-14/h2-11,13,17-18,21,23H,1,12H2/b20-13-/t17-,18-/m1/s1. The van der Waals surface area contributed by atoms with E-state index < -0.39 is 18.2 Å². The van der Waals surface area contributed by atoms with E-state index in [0.29, 0.717) is 5.56 Å². The lowest BCUT2D eigenvalue weighted by molar-refractivity contribution is 0.0357. The summed E-state index contributed by atoms with van der Waals surface area (Å²) in [4.78, 5) is 12.2. The highest BCUT2D eigenvalue weighted by Crippen LogP contribution is 2.19. The topological polar surface area (TPSA) is 79.1 Å². The Labute approximate surface area is 140 Å². The van der Waals surface area contributed by atoms with E-state index >= 15 is 0 Å². The summed E-state index contributed by atoms with van der Waals surface area (Å²) in [7, 11) is 0. The number of hydrogen-bond acceptors (Lipinski definition) is 5. The van der Waals surface area contributed by atoms with Crippen molar-refractivity contribution >= 4 is 12.2 Å². The van der Waals surface area contributed by atoms with Crippen molar-refractivity contribution in [3.05, 3.63) is 72.8 Å². The molecule has 0 fully saturated rings. The van der Waals surface area contributed by atoms with E-state index in [4.69, 9.17) is 9.94 Å². The molecule has 0 saturated heterocycles. The molecule has 0 unspecified atom stereocenters. The van der Waals surface area contributed by atoms with Crippen molar-refractivity contribution in [1.82, 2.24) is 0 Å². The van der Waals surface area contributed by atoms with Gasteiger partial charge in [0.15, 0.2) is 0 Å². The van der Waals surface area contributed by atoms with Gasteiger partial charge in [-0.3, -0.25) is 0 Å². The van der Waals surface area contributed by atoms with Gasteiger partial charge in [0, 0.05) is 6.42 Å². The highest BCUT2D eigenvalue weighted by atomic mass is 16.5. The van der Waals surface area contributed by atoms with Crippen molar-refractivity contribution < 1.29 is 19.8 Å². The molecule has 0 radical (unpaired) electrons. The number of benzene rings is 2. The number of ether oxygens (including phenoxy) is 1. The molecule has 24 heavy (non-hydrogen) atoms. The monoisotopic (exact) mass is 325 g/mol. The van der Waals surface area contributed by atoms with E-state index in [0.717, 1.165) is 17.3 Å². The summed E-state index contributed by atoms with van der Waals surface area (Å²) in [6.07, 6.45) is 0.746. The Kier molecular flexibility index (Phi) is 6.28. The maximum atomic E-state index is 12.2. The zero-order chi connectivity index (χ0) is 17.4. The number of rotatable bonds is 7. The van der Waals surface area contributed by atoms with Crippen LogP contribution in [0.5, 0.6) is 0 Å². The van der Waals surface area contributed by atoms with Gasteiger partial charge >= 0.3 is 5.97 Å². The van der Waals surface area contributed by atoms with E-state index in [1.165, 1.54) is 6.08 Å². The molecule has 0 aliphatic rings. The maximum absolute atomic E-state index is 12.2. The highest BCUT2D eigenvalue weighted by molar-refractivity contribution is 5.91. The molecular weight excluding hydrogens is 306 g/mol. The first kappa shape index (κ1) is 17.4. The largest absolute Gasteiger partial charge is 0.453 e. The third-order valence-electron chi connectivity index (χ3n) is 3.46. The van der Waals surface area contributed by atoms with Crippen LogP contribution < -0.4 is 0 Å². The number of esters is 1. The van der Waals surface area contributed by atoms with Crippen molar-refractivity contribution in [2.75, 3.05) is 0 Å². The van der Waals surface area contributed by atoms with Crippen LogP contribution in [0.4, 0.5) is 0 Å². The summed E-state index contributed by atoms with van der Waals surface area (Å²) in [5.41, 5.74) is 2.42. The normalized spacial score (nSPS) is 13.4. The second-order valence-electron chi connectivity index (χ2n) is 5.19. The van der Waals surface area contributed by atoms with Gasteiger partial charge in [-0.25, -0.2) is 4.79 Å². The SMILES string of the molecule is C=C[C@@H](O)C[C@H](/C=N\O)OC(=O)c1ccc(-c2ccccc2)cc1. The minimum atomic E-state index is -0.860. The fourth-order valence-corrected chi connectivity index (χ4v) is 2.18. The van der Waals surface area contributed by atoms with E-state index in [-0.39, 0.29) is 6.42 Å². The van der Waals surface area contributed by atoms with Crippen LogP contribution in [0.1, 0.15) is 16.8 Å². The molecule has 2 rings (SSSR count).